The average Bonchev–Trinajstić information content (AvgIpc) is 2.34. The molecule has 0 heterocycles. The van der Waals surface area contributed by atoms with Crippen molar-refractivity contribution in [1.82, 2.24) is 0 Å². The van der Waals surface area contributed by atoms with Gasteiger partial charge in [0, 0.05) is 5.92 Å². The van der Waals surface area contributed by atoms with Gasteiger partial charge in [0.25, 0.3) is 0 Å². The molecule has 1 rings (SSSR count). The van der Waals surface area contributed by atoms with Crippen LogP contribution in [0.25, 0.3) is 0 Å². The normalized spacial score (nSPS) is 12.9. The summed E-state index contributed by atoms with van der Waals surface area (Å²) in [6, 6.07) is 10.1. The van der Waals surface area contributed by atoms with Crippen LogP contribution in [0.5, 0.6) is 0 Å². The van der Waals surface area contributed by atoms with E-state index in [1.165, 1.54) is 25.7 Å². The van der Waals surface area contributed by atoms with Crippen molar-refractivity contribution in [2.75, 3.05) is 0 Å². The van der Waals surface area contributed by atoms with E-state index in [1.807, 2.05) is 18.2 Å². The molecule has 0 bridgehead atoms. The molecule has 0 aromatic heterocycles. The molecule has 1 atom stereocenters. The molecular formula is C16H24O. The van der Waals surface area contributed by atoms with Crippen molar-refractivity contribution in [2.45, 2.75) is 58.5 Å². The Hall–Kier alpha value is -0.820. The van der Waals surface area contributed by atoms with E-state index in [1.54, 1.807) is 6.92 Å². The summed E-state index contributed by atoms with van der Waals surface area (Å²) < 4.78 is 0. The minimum atomic E-state index is -0.580. The van der Waals surface area contributed by atoms with Crippen molar-refractivity contribution in [2.24, 2.45) is 0 Å². The monoisotopic (exact) mass is 232 g/mol. The van der Waals surface area contributed by atoms with E-state index >= 15 is 0 Å². The molecule has 94 valence electrons. The Kier molecular flexibility index (Phi) is 6.95. The van der Waals surface area contributed by atoms with Crippen LogP contribution in [0, 0.1) is 5.92 Å². The second-order valence-electron chi connectivity index (χ2n) is 4.70. The van der Waals surface area contributed by atoms with Gasteiger partial charge < -0.3 is 0 Å². The fourth-order valence-corrected chi connectivity index (χ4v) is 2.15. The first-order chi connectivity index (χ1) is 8.25. The van der Waals surface area contributed by atoms with Gasteiger partial charge in [-0.25, -0.2) is 5.11 Å². The molecule has 0 fully saturated rings. The Morgan fingerprint density at radius 3 is 2.29 bits per heavy atom. The molecule has 1 nitrogen and oxygen atoms in total. The predicted molar refractivity (Wildman–Crippen MR) is 72.3 cm³/mol. The molecule has 2 radical (unpaired) electrons. The van der Waals surface area contributed by atoms with Crippen LogP contribution >= 0.6 is 0 Å². The van der Waals surface area contributed by atoms with E-state index in [0.717, 1.165) is 24.3 Å². The van der Waals surface area contributed by atoms with E-state index in [4.69, 9.17) is 0 Å². The minimum Gasteiger partial charge on any atom is -0.232 e. The summed E-state index contributed by atoms with van der Waals surface area (Å²) >= 11 is 0. The second kappa shape index (κ2) is 8.30. The van der Waals surface area contributed by atoms with Gasteiger partial charge in [-0.3, -0.25) is 0 Å². The topological polar surface area (TPSA) is 19.9 Å². The summed E-state index contributed by atoms with van der Waals surface area (Å²) in [7, 11) is 0. The van der Waals surface area contributed by atoms with Crippen molar-refractivity contribution >= 4 is 0 Å². The molecular weight excluding hydrogens is 208 g/mol. The lowest BCUT2D eigenvalue weighted by molar-refractivity contribution is 0.116. The van der Waals surface area contributed by atoms with Crippen molar-refractivity contribution in [3.05, 3.63) is 41.8 Å². The molecule has 0 spiro atoms. The molecule has 1 aromatic rings. The lowest BCUT2D eigenvalue weighted by atomic mass is 9.89. The number of rotatable bonds is 8. The van der Waals surface area contributed by atoms with Crippen LogP contribution in [0.2, 0.25) is 0 Å². The number of hydrogen-bond donors (Lipinski definition) is 0. The number of unbranched alkanes of at least 4 members (excludes halogenated alkanes) is 4. The molecule has 1 aromatic carbocycles. The average molecular weight is 232 g/mol. The summed E-state index contributed by atoms with van der Waals surface area (Å²) in [5, 5.41) is 11.7. The van der Waals surface area contributed by atoms with Crippen LogP contribution in [0.3, 0.4) is 0 Å². The first-order valence-corrected chi connectivity index (χ1v) is 6.82. The highest BCUT2D eigenvalue weighted by atomic mass is 16.3. The van der Waals surface area contributed by atoms with Gasteiger partial charge in [-0.15, -0.1) is 0 Å². The first-order valence-electron chi connectivity index (χ1n) is 6.82. The van der Waals surface area contributed by atoms with Gasteiger partial charge in [-0.2, -0.15) is 0 Å². The van der Waals surface area contributed by atoms with Crippen molar-refractivity contribution < 1.29 is 5.11 Å². The zero-order valence-electron chi connectivity index (χ0n) is 11.1. The highest BCUT2D eigenvalue weighted by Gasteiger charge is 2.18. The SMILES string of the molecule is CCCCCCC[C](c1ccccc1)C(C)[O]. The number of benzene rings is 1. The quantitative estimate of drug-likeness (QED) is 0.574. The van der Waals surface area contributed by atoms with Gasteiger partial charge in [0.1, 0.15) is 6.10 Å². The highest BCUT2D eigenvalue weighted by Crippen LogP contribution is 2.25. The third-order valence-electron chi connectivity index (χ3n) is 3.18. The van der Waals surface area contributed by atoms with Gasteiger partial charge >= 0.3 is 0 Å². The van der Waals surface area contributed by atoms with Crippen LogP contribution < -0.4 is 0 Å². The second-order valence-corrected chi connectivity index (χ2v) is 4.70. The Balaban J connectivity index is 2.40. The van der Waals surface area contributed by atoms with Crippen LogP contribution in [0.15, 0.2) is 30.3 Å². The molecule has 1 unspecified atom stereocenters. The standard InChI is InChI=1S/C16H24O/c1-3-4-5-6-10-13-16(14(2)17)15-11-8-7-9-12-15/h7-9,11-12,14H,3-6,10,13H2,1-2H3. The fraction of sp³-hybridized carbons (Fsp3) is 0.562. The molecule has 0 amide bonds. The van der Waals surface area contributed by atoms with Crippen LogP contribution in [-0.4, -0.2) is 6.10 Å². The summed E-state index contributed by atoms with van der Waals surface area (Å²) in [4.78, 5) is 0. The Morgan fingerprint density at radius 2 is 1.71 bits per heavy atom. The maximum atomic E-state index is 11.7. The summed E-state index contributed by atoms with van der Waals surface area (Å²) in [6.45, 7) is 3.98. The molecule has 0 aliphatic heterocycles. The van der Waals surface area contributed by atoms with Gasteiger partial charge in [0.15, 0.2) is 0 Å². The largest absolute Gasteiger partial charge is 0.232 e. The van der Waals surface area contributed by atoms with E-state index in [-0.39, 0.29) is 0 Å². The van der Waals surface area contributed by atoms with E-state index in [2.05, 4.69) is 19.1 Å². The van der Waals surface area contributed by atoms with E-state index in [0.29, 0.717) is 0 Å². The van der Waals surface area contributed by atoms with Gasteiger partial charge in [-0.05, 0) is 18.9 Å². The molecule has 0 saturated heterocycles. The van der Waals surface area contributed by atoms with Crippen LogP contribution in [-0.2, 0) is 5.11 Å². The maximum Gasteiger partial charge on any atom is 0.101 e. The summed E-state index contributed by atoms with van der Waals surface area (Å²) in [5.74, 6) is 1.07. The molecule has 1 heteroatoms. The minimum absolute atomic E-state index is 0.580. The van der Waals surface area contributed by atoms with Crippen LogP contribution in [0.4, 0.5) is 0 Å². The predicted octanol–water partition coefficient (Wildman–Crippen LogP) is 4.79. The van der Waals surface area contributed by atoms with E-state index in [9.17, 15) is 5.11 Å². The smallest absolute Gasteiger partial charge is 0.101 e. The van der Waals surface area contributed by atoms with Crippen LogP contribution in [0.1, 0.15) is 57.9 Å². The van der Waals surface area contributed by atoms with Gasteiger partial charge in [0.2, 0.25) is 0 Å². The lowest BCUT2D eigenvalue weighted by Crippen LogP contribution is -2.14. The van der Waals surface area contributed by atoms with Gasteiger partial charge in [-0.1, -0.05) is 69.4 Å². The molecule has 0 aliphatic rings. The summed E-state index contributed by atoms with van der Waals surface area (Å²) in [6.07, 6.45) is 6.65. The van der Waals surface area contributed by atoms with Crippen molar-refractivity contribution in [1.29, 1.82) is 0 Å². The third kappa shape index (κ3) is 5.36. The Labute approximate surface area is 106 Å². The first kappa shape index (κ1) is 14.2. The van der Waals surface area contributed by atoms with Gasteiger partial charge in [0.05, 0.1) is 0 Å². The summed E-state index contributed by atoms with van der Waals surface area (Å²) in [5.41, 5.74) is 1.13. The highest BCUT2D eigenvalue weighted by molar-refractivity contribution is 5.31. The molecule has 0 N–H and O–H groups in total. The zero-order chi connectivity index (χ0) is 12.5. The molecule has 0 saturated carbocycles. The van der Waals surface area contributed by atoms with E-state index < -0.39 is 6.10 Å². The number of hydrogen-bond acceptors (Lipinski definition) is 0. The van der Waals surface area contributed by atoms with Crippen molar-refractivity contribution in [3.8, 4) is 0 Å². The fourth-order valence-electron chi connectivity index (χ4n) is 2.15. The Morgan fingerprint density at radius 1 is 1.06 bits per heavy atom. The lowest BCUT2D eigenvalue weighted by Gasteiger charge is -2.18. The Bertz CT molecular complexity index is 279. The zero-order valence-corrected chi connectivity index (χ0v) is 11.1. The molecule has 0 aliphatic carbocycles. The maximum absolute atomic E-state index is 11.7. The van der Waals surface area contributed by atoms with Crippen molar-refractivity contribution in [3.63, 3.8) is 0 Å². The molecule has 17 heavy (non-hydrogen) atoms. The third-order valence-corrected chi connectivity index (χ3v) is 3.18.